The average molecular weight is 348 g/mol. The minimum Gasteiger partial charge on any atom is -0.497 e. The SMILES string of the molecule is CCC(C)(C)NC(=O)CSCc1coc(-c2ccc(OC)cc2)n1. The van der Waals surface area contributed by atoms with Crippen LogP contribution >= 0.6 is 11.8 Å². The van der Waals surface area contributed by atoms with Crippen LogP contribution in [-0.2, 0) is 10.5 Å². The van der Waals surface area contributed by atoms with E-state index in [2.05, 4.69) is 17.2 Å². The lowest BCUT2D eigenvalue weighted by Gasteiger charge is -2.24. The molecule has 0 spiro atoms. The molecule has 2 aromatic rings. The summed E-state index contributed by atoms with van der Waals surface area (Å²) in [5.41, 5.74) is 1.57. The van der Waals surface area contributed by atoms with Crippen LogP contribution in [0.2, 0.25) is 0 Å². The van der Waals surface area contributed by atoms with Gasteiger partial charge in [0.05, 0.1) is 18.6 Å². The number of hydrogen-bond acceptors (Lipinski definition) is 5. The van der Waals surface area contributed by atoms with Crippen LogP contribution in [0.3, 0.4) is 0 Å². The molecular formula is C18H24N2O3S. The molecule has 0 radical (unpaired) electrons. The molecule has 1 amide bonds. The zero-order valence-electron chi connectivity index (χ0n) is 14.6. The number of carbonyl (C=O) groups is 1. The molecule has 1 aromatic heterocycles. The second-order valence-corrected chi connectivity index (χ2v) is 7.14. The maximum Gasteiger partial charge on any atom is 0.230 e. The maximum absolute atomic E-state index is 11.9. The van der Waals surface area contributed by atoms with Crippen molar-refractivity contribution in [2.24, 2.45) is 0 Å². The van der Waals surface area contributed by atoms with Gasteiger partial charge >= 0.3 is 0 Å². The van der Waals surface area contributed by atoms with Crippen molar-refractivity contribution in [2.45, 2.75) is 38.5 Å². The van der Waals surface area contributed by atoms with Crippen molar-refractivity contribution in [2.75, 3.05) is 12.9 Å². The topological polar surface area (TPSA) is 64.4 Å². The van der Waals surface area contributed by atoms with E-state index >= 15 is 0 Å². The molecule has 130 valence electrons. The number of rotatable bonds is 8. The number of oxazole rings is 1. The Morgan fingerprint density at radius 3 is 2.67 bits per heavy atom. The summed E-state index contributed by atoms with van der Waals surface area (Å²) < 4.78 is 10.7. The van der Waals surface area contributed by atoms with Crippen LogP contribution in [0.15, 0.2) is 34.9 Å². The Morgan fingerprint density at radius 2 is 2.04 bits per heavy atom. The molecule has 0 aliphatic rings. The number of methoxy groups -OCH3 is 1. The second-order valence-electron chi connectivity index (χ2n) is 6.15. The van der Waals surface area contributed by atoms with Crippen molar-refractivity contribution in [1.82, 2.24) is 10.3 Å². The largest absolute Gasteiger partial charge is 0.497 e. The van der Waals surface area contributed by atoms with Gasteiger partial charge in [0.1, 0.15) is 12.0 Å². The molecule has 0 aliphatic carbocycles. The Bertz CT molecular complexity index is 665. The van der Waals surface area contributed by atoms with E-state index in [1.165, 1.54) is 11.8 Å². The summed E-state index contributed by atoms with van der Waals surface area (Å²) in [6.07, 6.45) is 2.54. The predicted octanol–water partition coefficient (Wildman–Crippen LogP) is 3.89. The van der Waals surface area contributed by atoms with Crippen LogP contribution in [0.25, 0.3) is 11.5 Å². The Labute approximate surface area is 147 Å². The standard InChI is InChI=1S/C18H24N2O3S/c1-5-18(2,3)20-16(21)12-24-11-14-10-23-17(19-14)13-6-8-15(22-4)9-7-13/h6-10H,5,11-12H2,1-4H3,(H,20,21). The Morgan fingerprint density at radius 1 is 1.33 bits per heavy atom. The van der Waals surface area contributed by atoms with E-state index in [1.54, 1.807) is 13.4 Å². The van der Waals surface area contributed by atoms with Crippen molar-refractivity contribution >= 4 is 17.7 Å². The summed E-state index contributed by atoms with van der Waals surface area (Å²) in [6.45, 7) is 6.10. The average Bonchev–Trinajstić information content (AvgIpc) is 3.03. The van der Waals surface area contributed by atoms with Crippen LogP contribution < -0.4 is 10.1 Å². The number of benzene rings is 1. The summed E-state index contributed by atoms with van der Waals surface area (Å²) >= 11 is 1.53. The first-order chi connectivity index (χ1) is 11.4. The molecule has 2 rings (SSSR count). The van der Waals surface area contributed by atoms with Crippen LogP contribution in [0.4, 0.5) is 0 Å². The van der Waals surface area contributed by atoms with Gasteiger partial charge in [-0.1, -0.05) is 6.92 Å². The summed E-state index contributed by atoms with van der Waals surface area (Å²) in [6, 6.07) is 7.55. The van der Waals surface area contributed by atoms with Gasteiger partial charge in [0.2, 0.25) is 11.8 Å². The fraction of sp³-hybridized carbons (Fsp3) is 0.444. The lowest BCUT2D eigenvalue weighted by molar-refractivity contribution is -0.120. The molecule has 1 heterocycles. The highest BCUT2D eigenvalue weighted by Crippen LogP contribution is 2.23. The van der Waals surface area contributed by atoms with Gasteiger partial charge in [-0.15, -0.1) is 11.8 Å². The van der Waals surface area contributed by atoms with Gasteiger partial charge in [0.15, 0.2) is 0 Å². The summed E-state index contributed by atoms with van der Waals surface area (Å²) in [4.78, 5) is 16.4. The van der Waals surface area contributed by atoms with Crippen molar-refractivity contribution in [1.29, 1.82) is 0 Å². The minimum atomic E-state index is -0.160. The fourth-order valence-corrected chi connectivity index (χ4v) is 2.69. The normalized spacial score (nSPS) is 11.3. The van der Waals surface area contributed by atoms with E-state index in [0.717, 1.165) is 23.4 Å². The number of nitrogens with one attached hydrogen (secondary N) is 1. The van der Waals surface area contributed by atoms with Gasteiger partial charge in [-0.2, -0.15) is 0 Å². The second kappa shape index (κ2) is 8.24. The highest BCUT2D eigenvalue weighted by Gasteiger charge is 2.17. The molecule has 24 heavy (non-hydrogen) atoms. The summed E-state index contributed by atoms with van der Waals surface area (Å²) in [7, 11) is 1.63. The number of thioether (sulfide) groups is 1. The third-order valence-corrected chi connectivity index (χ3v) is 4.70. The molecule has 0 aliphatic heterocycles. The molecule has 0 fully saturated rings. The number of nitrogens with zero attached hydrogens (tertiary/aromatic N) is 1. The van der Waals surface area contributed by atoms with Crippen LogP contribution in [0, 0.1) is 0 Å². The first-order valence-corrected chi connectivity index (χ1v) is 9.06. The third kappa shape index (κ3) is 5.30. The highest BCUT2D eigenvalue weighted by atomic mass is 32.2. The first-order valence-electron chi connectivity index (χ1n) is 7.91. The number of ether oxygens (including phenoxy) is 1. The molecular weight excluding hydrogens is 324 g/mol. The smallest absolute Gasteiger partial charge is 0.230 e. The number of hydrogen-bond donors (Lipinski definition) is 1. The highest BCUT2D eigenvalue weighted by molar-refractivity contribution is 7.99. The zero-order chi connectivity index (χ0) is 17.6. The number of carbonyl (C=O) groups excluding carboxylic acids is 1. The van der Waals surface area contributed by atoms with Crippen molar-refractivity contribution < 1.29 is 13.9 Å². The molecule has 1 N–H and O–H groups in total. The maximum atomic E-state index is 11.9. The molecule has 0 bridgehead atoms. The molecule has 1 aromatic carbocycles. The third-order valence-electron chi connectivity index (χ3n) is 3.73. The van der Waals surface area contributed by atoms with E-state index < -0.39 is 0 Å². The monoisotopic (exact) mass is 348 g/mol. The van der Waals surface area contributed by atoms with E-state index in [0.29, 0.717) is 17.4 Å². The Hall–Kier alpha value is -1.95. The number of aromatic nitrogens is 1. The lowest BCUT2D eigenvalue weighted by Crippen LogP contribution is -2.43. The van der Waals surface area contributed by atoms with Gasteiger partial charge in [-0.25, -0.2) is 4.98 Å². The van der Waals surface area contributed by atoms with E-state index in [4.69, 9.17) is 9.15 Å². The Kier molecular flexibility index (Phi) is 6.31. The van der Waals surface area contributed by atoms with Crippen LogP contribution in [0.5, 0.6) is 5.75 Å². The van der Waals surface area contributed by atoms with Crippen molar-refractivity contribution in [3.05, 3.63) is 36.2 Å². The first kappa shape index (κ1) is 18.4. The molecule has 0 saturated carbocycles. The van der Waals surface area contributed by atoms with E-state index in [9.17, 15) is 4.79 Å². The van der Waals surface area contributed by atoms with Crippen LogP contribution in [0.1, 0.15) is 32.9 Å². The van der Waals surface area contributed by atoms with Crippen molar-refractivity contribution in [3.63, 3.8) is 0 Å². The predicted molar refractivity (Wildman–Crippen MR) is 97.2 cm³/mol. The molecule has 0 atom stereocenters. The molecule has 5 nitrogen and oxygen atoms in total. The minimum absolute atomic E-state index is 0.0470. The Balaban J connectivity index is 1.84. The van der Waals surface area contributed by atoms with E-state index in [-0.39, 0.29) is 11.4 Å². The van der Waals surface area contributed by atoms with E-state index in [1.807, 2.05) is 38.1 Å². The molecule has 0 saturated heterocycles. The zero-order valence-corrected chi connectivity index (χ0v) is 15.4. The van der Waals surface area contributed by atoms with Gasteiger partial charge in [0.25, 0.3) is 0 Å². The van der Waals surface area contributed by atoms with Gasteiger partial charge in [0, 0.05) is 16.9 Å². The molecule has 0 unspecified atom stereocenters. The van der Waals surface area contributed by atoms with Crippen molar-refractivity contribution in [3.8, 4) is 17.2 Å². The summed E-state index contributed by atoms with van der Waals surface area (Å²) in [5, 5.41) is 3.02. The molecule has 6 heteroatoms. The lowest BCUT2D eigenvalue weighted by atomic mass is 10.0. The van der Waals surface area contributed by atoms with Gasteiger partial charge < -0.3 is 14.5 Å². The van der Waals surface area contributed by atoms with Gasteiger partial charge in [-0.05, 0) is 44.5 Å². The fourth-order valence-electron chi connectivity index (χ4n) is 1.99. The van der Waals surface area contributed by atoms with Gasteiger partial charge in [-0.3, -0.25) is 4.79 Å². The quantitative estimate of drug-likeness (QED) is 0.784. The van der Waals surface area contributed by atoms with Crippen LogP contribution in [-0.4, -0.2) is 29.3 Å². The number of amides is 1. The summed E-state index contributed by atoms with van der Waals surface area (Å²) in [5.74, 6) is 2.46.